The fourth-order valence-electron chi connectivity index (χ4n) is 1.23. The Morgan fingerprint density at radius 2 is 2.00 bits per heavy atom. The molecule has 106 valence electrons. The van der Waals surface area contributed by atoms with Gasteiger partial charge in [-0.25, -0.2) is 13.4 Å². The van der Waals surface area contributed by atoms with Crippen molar-refractivity contribution < 1.29 is 13.2 Å². The Kier molecular flexibility index (Phi) is 5.21. The second-order valence-corrected chi connectivity index (χ2v) is 6.23. The average molecular weight is 307 g/mol. The van der Waals surface area contributed by atoms with Gasteiger partial charge in [0.25, 0.3) is 0 Å². The van der Waals surface area contributed by atoms with E-state index in [4.69, 9.17) is 16.3 Å². The summed E-state index contributed by atoms with van der Waals surface area (Å²) in [5, 5.41) is 3.69. The lowest BCUT2D eigenvalue weighted by molar-refractivity contribution is 0.0691. The second-order valence-electron chi connectivity index (χ2n) is 3.72. The van der Waals surface area contributed by atoms with Crippen LogP contribution in [0.3, 0.4) is 0 Å². The number of nitrogens with zero attached hydrogens (tertiary/aromatic N) is 3. The van der Waals surface area contributed by atoms with E-state index < -0.39 is 21.5 Å². The number of ether oxygens (including phenoxy) is 1. The third-order valence-electron chi connectivity index (χ3n) is 2.14. The maximum atomic E-state index is 11.5. The number of nitrogens with one attached hydrogen (secondary N) is 1. The van der Waals surface area contributed by atoms with Gasteiger partial charge in [0.15, 0.2) is 15.3 Å². The summed E-state index contributed by atoms with van der Waals surface area (Å²) in [7, 11) is -3.48. The molecule has 2 unspecified atom stereocenters. The van der Waals surface area contributed by atoms with Gasteiger partial charge in [-0.1, -0.05) is 6.58 Å². The fraction of sp³-hybridized carbons (Fsp3) is 0.500. The number of anilines is 1. The van der Waals surface area contributed by atoms with E-state index in [2.05, 4.69) is 26.8 Å². The summed E-state index contributed by atoms with van der Waals surface area (Å²) < 4.78 is 28.2. The van der Waals surface area contributed by atoms with Crippen LogP contribution >= 0.6 is 11.6 Å². The van der Waals surface area contributed by atoms with Crippen molar-refractivity contribution >= 4 is 27.4 Å². The minimum absolute atomic E-state index is 0.0500. The van der Waals surface area contributed by atoms with Crippen molar-refractivity contribution in [2.75, 3.05) is 5.32 Å². The van der Waals surface area contributed by atoms with Crippen molar-refractivity contribution in [2.24, 2.45) is 0 Å². The fourth-order valence-corrected chi connectivity index (χ4v) is 2.02. The summed E-state index contributed by atoms with van der Waals surface area (Å²) in [4.78, 5) is 11.7. The largest absolute Gasteiger partial charge is 0.340 e. The monoisotopic (exact) mass is 306 g/mol. The molecule has 0 spiro atoms. The summed E-state index contributed by atoms with van der Waals surface area (Å²) >= 11 is 5.68. The Labute approximate surface area is 117 Å². The van der Waals surface area contributed by atoms with Gasteiger partial charge in [0.1, 0.15) is 12.1 Å². The van der Waals surface area contributed by atoms with Gasteiger partial charge in [0.2, 0.25) is 11.2 Å². The summed E-state index contributed by atoms with van der Waals surface area (Å²) in [6.07, 6.45) is -0.623. The smallest absolute Gasteiger partial charge is 0.229 e. The van der Waals surface area contributed by atoms with Crippen LogP contribution in [0, 0.1) is 6.92 Å². The molecular formula is C10H15ClN4O3S. The van der Waals surface area contributed by atoms with Crippen LogP contribution in [-0.4, -0.2) is 35.0 Å². The van der Waals surface area contributed by atoms with Gasteiger partial charge in [-0.15, -0.1) is 0 Å². The first-order valence-corrected chi connectivity index (χ1v) is 7.40. The molecule has 0 aliphatic heterocycles. The number of sulfone groups is 1. The minimum atomic E-state index is -3.48. The van der Waals surface area contributed by atoms with Gasteiger partial charge >= 0.3 is 0 Å². The van der Waals surface area contributed by atoms with Gasteiger partial charge in [0, 0.05) is 5.41 Å². The van der Waals surface area contributed by atoms with Crippen LogP contribution in [-0.2, 0) is 14.6 Å². The highest BCUT2D eigenvalue weighted by molar-refractivity contribution is 7.94. The van der Waals surface area contributed by atoms with E-state index in [1.807, 2.05) is 0 Å². The van der Waals surface area contributed by atoms with Gasteiger partial charge in [0.05, 0.1) is 0 Å². The van der Waals surface area contributed by atoms with Crippen LogP contribution in [0.5, 0.6) is 0 Å². The zero-order chi connectivity index (χ0) is 14.6. The van der Waals surface area contributed by atoms with E-state index in [9.17, 15) is 8.42 Å². The van der Waals surface area contributed by atoms with Crippen molar-refractivity contribution in [3.8, 4) is 0 Å². The molecule has 9 heteroatoms. The normalized spacial score (nSPS) is 14.7. The Morgan fingerprint density at radius 1 is 1.37 bits per heavy atom. The van der Waals surface area contributed by atoms with E-state index in [1.54, 1.807) is 13.8 Å². The number of hydrogen-bond donors (Lipinski definition) is 1. The predicted molar refractivity (Wildman–Crippen MR) is 72.3 cm³/mol. The predicted octanol–water partition coefficient (Wildman–Crippen LogP) is 1.51. The quantitative estimate of drug-likeness (QED) is 0.796. The van der Waals surface area contributed by atoms with Gasteiger partial charge in [-0.05, 0) is 32.4 Å². The molecule has 1 aromatic heterocycles. The Morgan fingerprint density at radius 3 is 2.53 bits per heavy atom. The summed E-state index contributed by atoms with van der Waals surface area (Å²) in [6.45, 7) is 7.94. The molecule has 0 amide bonds. The zero-order valence-corrected chi connectivity index (χ0v) is 12.4. The van der Waals surface area contributed by atoms with Crippen LogP contribution < -0.4 is 5.32 Å². The molecule has 0 radical (unpaired) electrons. The Balaban J connectivity index is 2.70. The second kappa shape index (κ2) is 6.27. The standard InChI is InChI=1S/C10H15ClN4O3S/c1-5-19(16,17)8(4)18-7(3)14-10-13-6(2)12-9(11)15-10/h5,7-8H,1H2,2-4H3,(H,12,13,14,15). The van der Waals surface area contributed by atoms with Crippen molar-refractivity contribution in [3.63, 3.8) is 0 Å². The van der Waals surface area contributed by atoms with Crippen LogP contribution in [0.15, 0.2) is 12.0 Å². The molecule has 0 fully saturated rings. The minimum Gasteiger partial charge on any atom is -0.340 e. The summed E-state index contributed by atoms with van der Waals surface area (Å²) in [5.74, 6) is 0.662. The molecule has 0 saturated carbocycles. The van der Waals surface area contributed by atoms with E-state index in [-0.39, 0.29) is 11.2 Å². The lowest BCUT2D eigenvalue weighted by Gasteiger charge is -2.19. The maximum Gasteiger partial charge on any atom is 0.229 e. The highest BCUT2D eigenvalue weighted by Gasteiger charge is 2.20. The number of rotatable bonds is 6. The highest BCUT2D eigenvalue weighted by Crippen LogP contribution is 2.11. The van der Waals surface area contributed by atoms with Gasteiger partial charge < -0.3 is 10.1 Å². The Bertz CT molecular complexity index is 544. The number of aromatic nitrogens is 3. The molecule has 2 atom stereocenters. The van der Waals surface area contributed by atoms with Crippen LogP contribution in [0.2, 0.25) is 5.28 Å². The molecule has 0 aliphatic rings. The van der Waals surface area contributed by atoms with E-state index in [0.717, 1.165) is 5.41 Å². The topological polar surface area (TPSA) is 94.1 Å². The molecule has 1 N–H and O–H groups in total. The molecule has 0 aromatic carbocycles. The van der Waals surface area contributed by atoms with Gasteiger partial charge in [-0.2, -0.15) is 9.97 Å². The van der Waals surface area contributed by atoms with Crippen molar-refractivity contribution in [3.05, 3.63) is 23.1 Å². The molecular weight excluding hydrogens is 292 g/mol. The lowest BCUT2D eigenvalue weighted by atomic mass is 10.6. The van der Waals surface area contributed by atoms with Crippen LogP contribution in [0.25, 0.3) is 0 Å². The molecule has 0 bridgehead atoms. The van der Waals surface area contributed by atoms with Crippen molar-refractivity contribution in [1.29, 1.82) is 0 Å². The van der Waals surface area contributed by atoms with Crippen molar-refractivity contribution in [1.82, 2.24) is 15.0 Å². The SMILES string of the molecule is C=CS(=O)(=O)C(C)OC(C)Nc1nc(C)nc(Cl)n1. The molecule has 1 rings (SSSR count). The third-order valence-corrected chi connectivity index (χ3v) is 3.81. The first-order valence-electron chi connectivity index (χ1n) is 5.41. The maximum absolute atomic E-state index is 11.5. The third kappa shape index (κ3) is 4.73. The number of hydrogen-bond acceptors (Lipinski definition) is 7. The van der Waals surface area contributed by atoms with Crippen LogP contribution in [0.1, 0.15) is 19.7 Å². The van der Waals surface area contributed by atoms with E-state index in [0.29, 0.717) is 5.82 Å². The average Bonchev–Trinajstić information content (AvgIpc) is 2.27. The molecule has 0 saturated heterocycles. The first-order chi connectivity index (χ1) is 8.74. The molecule has 19 heavy (non-hydrogen) atoms. The first kappa shape index (κ1) is 15.8. The van der Waals surface area contributed by atoms with E-state index >= 15 is 0 Å². The molecule has 0 aliphatic carbocycles. The van der Waals surface area contributed by atoms with Gasteiger partial charge in [-0.3, -0.25) is 0 Å². The number of halogens is 1. The lowest BCUT2D eigenvalue weighted by Crippen LogP contribution is -2.29. The number of aryl methyl sites for hydroxylation is 1. The zero-order valence-electron chi connectivity index (χ0n) is 10.8. The van der Waals surface area contributed by atoms with Crippen LogP contribution in [0.4, 0.5) is 5.95 Å². The summed E-state index contributed by atoms with van der Waals surface area (Å²) in [6, 6.07) is 0. The highest BCUT2D eigenvalue weighted by atomic mass is 35.5. The van der Waals surface area contributed by atoms with E-state index in [1.165, 1.54) is 6.92 Å². The molecule has 1 aromatic rings. The Hall–Kier alpha value is -1.25. The molecule has 1 heterocycles. The van der Waals surface area contributed by atoms with Crippen molar-refractivity contribution in [2.45, 2.75) is 32.4 Å². The molecule has 7 nitrogen and oxygen atoms in total. The summed E-state index contributed by atoms with van der Waals surface area (Å²) in [5.41, 5.74) is -1.02.